The van der Waals surface area contributed by atoms with Gasteiger partial charge in [-0.1, -0.05) is 55.4 Å². The second-order valence-corrected chi connectivity index (χ2v) is 15.1. The van der Waals surface area contributed by atoms with Gasteiger partial charge in [0.1, 0.15) is 42.3 Å². The molecular weight excluding hydrogens is 740 g/mol. The fraction of sp³-hybridized carbons (Fsp3) is 0.743. The van der Waals surface area contributed by atoms with E-state index in [2.05, 4.69) is 37.2 Å². The van der Waals surface area contributed by atoms with Gasteiger partial charge in [-0.2, -0.15) is 0 Å². The molecule has 8 atom stereocenters. The average Bonchev–Trinajstić information content (AvgIpc) is 3.07. The van der Waals surface area contributed by atoms with E-state index in [1.54, 1.807) is 55.4 Å². The molecule has 13 N–H and O–H groups in total. The molecule has 0 saturated carbocycles. The van der Waals surface area contributed by atoms with Gasteiger partial charge in [-0.15, -0.1) is 0 Å². The molecule has 0 aromatic heterocycles. The number of aliphatic hydroxyl groups is 2. The van der Waals surface area contributed by atoms with Gasteiger partial charge in [0.05, 0.1) is 25.7 Å². The van der Waals surface area contributed by atoms with Crippen molar-refractivity contribution in [1.82, 2.24) is 37.2 Å². The Morgan fingerprint density at radius 3 is 1.29 bits per heavy atom. The number of hydrogen-bond donors (Lipinski definition) is 12. The molecule has 0 aliphatic carbocycles. The van der Waals surface area contributed by atoms with Crippen molar-refractivity contribution in [2.75, 3.05) is 13.2 Å². The van der Waals surface area contributed by atoms with Gasteiger partial charge in [0, 0.05) is 0 Å². The molecule has 0 aromatic rings. The van der Waals surface area contributed by atoms with E-state index in [1.165, 1.54) is 6.92 Å². The van der Waals surface area contributed by atoms with E-state index in [4.69, 9.17) is 5.73 Å². The molecule has 0 radical (unpaired) electrons. The number of carbonyl (C=O) groups excluding carboxylic acids is 7. The predicted octanol–water partition coefficient (Wildman–Crippen LogP) is -3.32. The number of nitrogens with two attached hydrogens (primary N) is 1. The maximum Gasteiger partial charge on any atom is 0.326 e. The summed E-state index contributed by atoms with van der Waals surface area (Å²) in [4.78, 5) is 114. The maximum absolute atomic E-state index is 13.6. The van der Waals surface area contributed by atoms with Crippen LogP contribution in [0.5, 0.6) is 0 Å². The van der Waals surface area contributed by atoms with Crippen molar-refractivity contribution in [2.24, 2.45) is 29.4 Å². The van der Waals surface area contributed by atoms with Crippen LogP contribution in [-0.4, -0.2) is 135 Å². The number of carboxylic acid groups (broad SMARTS) is 2. The van der Waals surface area contributed by atoms with Crippen molar-refractivity contribution < 1.29 is 63.6 Å². The van der Waals surface area contributed by atoms with Crippen molar-refractivity contribution in [3.8, 4) is 0 Å². The molecule has 0 bridgehead atoms. The monoisotopic (exact) mass is 802 g/mol. The third kappa shape index (κ3) is 18.2. The minimum Gasteiger partial charge on any atom is -0.481 e. The second-order valence-electron chi connectivity index (χ2n) is 15.1. The van der Waals surface area contributed by atoms with Crippen LogP contribution in [0.3, 0.4) is 0 Å². The molecule has 320 valence electrons. The molecular formula is C35H62N8O13. The molecule has 0 aliphatic rings. The maximum atomic E-state index is 13.6. The lowest BCUT2D eigenvalue weighted by Crippen LogP contribution is -2.63. The summed E-state index contributed by atoms with van der Waals surface area (Å²) in [7, 11) is 0. The summed E-state index contributed by atoms with van der Waals surface area (Å²) in [6.45, 7) is 12.9. The minimum absolute atomic E-state index is 0.0306. The fourth-order valence-electron chi connectivity index (χ4n) is 5.25. The van der Waals surface area contributed by atoms with Gasteiger partial charge < -0.3 is 63.4 Å². The molecule has 0 rings (SSSR count). The number of aliphatic carboxylic acids is 2. The largest absolute Gasteiger partial charge is 0.481 e. The van der Waals surface area contributed by atoms with E-state index in [0.29, 0.717) is 0 Å². The van der Waals surface area contributed by atoms with Crippen molar-refractivity contribution in [3.63, 3.8) is 0 Å². The normalized spacial score (nSPS) is 15.6. The van der Waals surface area contributed by atoms with Crippen molar-refractivity contribution >= 4 is 53.3 Å². The number of carboxylic acids is 2. The molecule has 21 heteroatoms. The highest BCUT2D eigenvalue weighted by molar-refractivity contribution is 5.98. The van der Waals surface area contributed by atoms with Gasteiger partial charge in [-0.05, 0) is 43.4 Å². The summed E-state index contributed by atoms with van der Waals surface area (Å²) in [5.74, 6) is -10.8. The van der Waals surface area contributed by atoms with Crippen LogP contribution in [0.1, 0.15) is 81.6 Å². The Morgan fingerprint density at radius 2 is 0.875 bits per heavy atom. The number of carbonyl (C=O) groups is 9. The van der Waals surface area contributed by atoms with Crippen molar-refractivity contribution in [1.29, 1.82) is 0 Å². The second kappa shape index (κ2) is 24.6. The van der Waals surface area contributed by atoms with E-state index in [0.717, 1.165) is 0 Å². The minimum atomic E-state index is -1.69. The lowest BCUT2D eigenvalue weighted by molar-refractivity contribution is -0.143. The highest BCUT2D eigenvalue weighted by atomic mass is 16.4. The summed E-state index contributed by atoms with van der Waals surface area (Å²) in [5, 5.41) is 55.6. The summed E-state index contributed by atoms with van der Waals surface area (Å²) >= 11 is 0. The number of aliphatic hydroxyl groups excluding tert-OH is 2. The van der Waals surface area contributed by atoms with E-state index in [-0.39, 0.29) is 24.7 Å². The van der Waals surface area contributed by atoms with Crippen LogP contribution >= 0.6 is 0 Å². The van der Waals surface area contributed by atoms with Gasteiger partial charge in [0.2, 0.25) is 41.4 Å². The van der Waals surface area contributed by atoms with Crippen LogP contribution in [0.2, 0.25) is 0 Å². The van der Waals surface area contributed by atoms with Crippen LogP contribution < -0.4 is 43.0 Å². The summed E-state index contributed by atoms with van der Waals surface area (Å²) in [6, 6.07) is -10.2. The highest BCUT2D eigenvalue weighted by Gasteiger charge is 2.37. The quantitative estimate of drug-likeness (QED) is 0.0430. The molecule has 0 fully saturated rings. The van der Waals surface area contributed by atoms with E-state index in [1.807, 2.05) is 0 Å². The van der Waals surface area contributed by atoms with Crippen LogP contribution in [0, 0.1) is 23.7 Å². The smallest absolute Gasteiger partial charge is 0.326 e. The lowest BCUT2D eigenvalue weighted by Gasteiger charge is -2.30. The number of nitrogens with one attached hydrogen (secondary N) is 7. The van der Waals surface area contributed by atoms with E-state index in [9.17, 15) is 63.6 Å². The van der Waals surface area contributed by atoms with Crippen LogP contribution in [0.4, 0.5) is 0 Å². The Hall–Kier alpha value is -4.89. The molecule has 56 heavy (non-hydrogen) atoms. The number of hydrogen-bond acceptors (Lipinski definition) is 12. The zero-order valence-electron chi connectivity index (χ0n) is 33.5. The molecule has 21 nitrogen and oxygen atoms in total. The molecule has 0 aliphatic heterocycles. The molecule has 0 unspecified atom stereocenters. The lowest BCUT2D eigenvalue weighted by atomic mass is 9.98. The van der Waals surface area contributed by atoms with Gasteiger partial charge in [-0.3, -0.25) is 38.4 Å². The first kappa shape index (κ1) is 51.1. The first-order valence-corrected chi connectivity index (χ1v) is 18.4. The van der Waals surface area contributed by atoms with Gasteiger partial charge in [-0.25, -0.2) is 4.79 Å². The first-order chi connectivity index (χ1) is 25.9. The van der Waals surface area contributed by atoms with Gasteiger partial charge in [0.15, 0.2) is 0 Å². The Labute approximate surface area is 326 Å². The molecule has 0 spiro atoms. The van der Waals surface area contributed by atoms with Gasteiger partial charge in [0.25, 0.3) is 0 Å². The standard InChI is InChI=1S/C35H62N8O13/c1-15(2)10-20(38-29(49)21(12-25(47)48)37-24(46)13-36)30(50)41-27(18(7)8)33(53)43-28(19(9)45)34(54)42-26(17(5)6)32(52)40-23(14-44)31(51)39-22(35(55)56)11-16(3)4/h15-23,26-28,44-45H,10-14,36H2,1-9H3,(H,37,46)(H,38,49)(H,39,51)(H,40,52)(H,41,50)(H,42,54)(H,43,53)(H,47,48)(H,55,56)/t19-,20+,21+,22+,23+,26+,27+,28+/m1/s1. The molecule has 0 aromatic carbocycles. The molecule has 0 saturated heterocycles. The Balaban J connectivity index is 6.10. The van der Waals surface area contributed by atoms with Crippen LogP contribution in [0.25, 0.3) is 0 Å². The Kier molecular flexibility index (Phi) is 22.4. The summed E-state index contributed by atoms with van der Waals surface area (Å²) < 4.78 is 0. The van der Waals surface area contributed by atoms with Crippen LogP contribution in [-0.2, 0) is 43.2 Å². The average molecular weight is 803 g/mol. The third-order valence-corrected chi connectivity index (χ3v) is 8.25. The molecule has 7 amide bonds. The zero-order valence-corrected chi connectivity index (χ0v) is 33.5. The van der Waals surface area contributed by atoms with E-state index >= 15 is 0 Å². The first-order valence-electron chi connectivity index (χ1n) is 18.4. The van der Waals surface area contributed by atoms with Gasteiger partial charge >= 0.3 is 11.9 Å². The Morgan fingerprint density at radius 1 is 0.500 bits per heavy atom. The number of amides is 7. The molecule has 0 heterocycles. The van der Waals surface area contributed by atoms with Crippen molar-refractivity contribution in [3.05, 3.63) is 0 Å². The van der Waals surface area contributed by atoms with Crippen molar-refractivity contribution in [2.45, 2.75) is 130 Å². The Bertz CT molecular complexity index is 1390. The summed E-state index contributed by atoms with van der Waals surface area (Å²) in [5.41, 5.74) is 5.28. The van der Waals surface area contributed by atoms with E-state index < -0.39 is 133 Å². The topological polar surface area (TPSA) is 345 Å². The van der Waals surface area contributed by atoms with Crippen LogP contribution in [0.15, 0.2) is 0 Å². The number of rotatable bonds is 25. The highest BCUT2D eigenvalue weighted by Crippen LogP contribution is 2.11. The third-order valence-electron chi connectivity index (χ3n) is 8.25. The fourth-order valence-corrected chi connectivity index (χ4v) is 5.25. The summed E-state index contributed by atoms with van der Waals surface area (Å²) in [6.07, 6.45) is -2.25. The zero-order chi connectivity index (χ0) is 43.6. The predicted molar refractivity (Wildman–Crippen MR) is 200 cm³/mol. The SMILES string of the molecule is CC(C)C[C@H](NC(=O)[C@H](CO)NC(=O)[C@@H](NC(=O)[C@@H](NC(=O)[C@@H](NC(=O)[C@H](CC(C)C)NC(=O)[C@H](CC(=O)O)NC(=O)CN)C(C)C)[C@@H](C)O)C(C)C)C(=O)O.